The summed E-state index contributed by atoms with van der Waals surface area (Å²) in [6.45, 7) is -2.04. The lowest BCUT2D eigenvalue weighted by Crippen LogP contribution is -2.45. The molecule has 7 rings (SSSR count). The maximum absolute atomic E-state index is 13.3. The summed E-state index contributed by atoms with van der Waals surface area (Å²) in [4.78, 5) is 56.0. The maximum Gasteiger partial charge on any atom is 0.472 e. The number of rotatable bonds is 2. The van der Waals surface area contributed by atoms with Crippen molar-refractivity contribution in [3.05, 3.63) is 29.3 Å². The zero-order chi connectivity index (χ0) is 32.6. The number of ether oxygens (including phenoxy) is 2. The predicted molar refractivity (Wildman–Crippen MR) is 148 cm³/mol. The molecule has 0 aromatic carbocycles. The largest absolute Gasteiger partial charge is 0.472 e. The Morgan fingerprint density at radius 2 is 1.70 bits per heavy atom. The third kappa shape index (κ3) is 5.39. The van der Waals surface area contributed by atoms with Gasteiger partial charge in [0.1, 0.15) is 41.9 Å². The number of aliphatic hydroxyl groups excluding tert-OH is 1. The number of aromatic nitrogens is 8. The van der Waals surface area contributed by atoms with Crippen LogP contribution < -0.4 is 17.0 Å². The van der Waals surface area contributed by atoms with E-state index in [2.05, 4.69) is 29.9 Å². The van der Waals surface area contributed by atoms with Crippen LogP contribution in [0.25, 0.3) is 22.3 Å². The molecule has 7 heterocycles. The molecule has 3 saturated heterocycles. The van der Waals surface area contributed by atoms with E-state index in [1.54, 1.807) is 0 Å². The van der Waals surface area contributed by atoms with Crippen molar-refractivity contribution in [1.29, 1.82) is 0 Å². The predicted octanol–water partition coefficient (Wildman–Crippen LogP) is -1.95. The summed E-state index contributed by atoms with van der Waals surface area (Å²) < 4.78 is 61.3. The monoisotopic (exact) mass is 688 g/mol. The van der Waals surface area contributed by atoms with Crippen molar-refractivity contribution >= 4 is 49.7 Å². The highest BCUT2D eigenvalue weighted by atomic mass is 31.2. The fraction of sp³-hybridized carbons (Fsp3) is 0.524. The number of fused-ring (bicyclic) bond motifs is 4. The molecule has 3 fully saturated rings. The Bertz CT molecular complexity index is 1970. The molecule has 0 amide bonds. The van der Waals surface area contributed by atoms with Gasteiger partial charge in [-0.3, -0.25) is 37.0 Å². The Hall–Kier alpha value is -3.44. The molecule has 0 bridgehead atoms. The van der Waals surface area contributed by atoms with Crippen LogP contribution in [0.1, 0.15) is 18.9 Å². The third-order valence-corrected chi connectivity index (χ3v) is 9.67. The average molecular weight is 688 g/mol. The van der Waals surface area contributed by atoms with Crippen molar-refractivity contribution in [2.45, 2.75) is 48.9 Å². The van der Waals surface area contributed by atoms with Gasteiger partial charge in [0.25, 0.3) is 5.56 Å². The molecule has 23 nitrogen and oxygen atoms in total. The summed E-state index contributed by atoms with van der Waals surface area (Å²) in [6.07, 6.45) is -6.35. The second-order valence-corrected chi connectivity index (χ2v) is 13.4. The average Bonchev–Trinajstić information content (AvgIpc) is 3.73. The van der Waals surface area contributed by atoms with Gasteiger partial charge in [0, 0.05) is 6.42 Å². The van der Waals surface area contributed by atoms with Crippen LogP contribution >= 0.6 is 15.6 Å². The highest BCUT2D eigenvalue weighted by Crippen LogP contribution is 2.54. The van der Waals surface area contributed by atoms with E-state index in [1.165, 1.54) is 10.9 Å². The fourth-order valence-corrected chi connectivity index (χ4v) is 7.45. The summed E-state index contributed by atoms with van der Waals surface area (Å²) in [6, 6.07) is 0. The van der Waals surface area contributed by atoms with E-state index in [-0.39, 0.29) is 34.1 Å². The van der Waals surface area contributed by atoms with E-state index >= 15 is 0 Å². The number of nitrogens with zero attached hydrogens (tertiary/aromatic N) is 7. The molecule has 9 N–H and O–H groups in total. The first-order chi connectivity index (χ1) is 21.8. The van der Waals surface area contributed by atoms with Gasteiger partial charge in [-0.15, -0.1) is 0 Å². The van der Waals surface area contributed by atoms with Crippen LogP contribution in [0.5, 0.6) is 0 Å². The molecule has 3 aliphatic rings. The minimum Gasteiger partial charge on any atom is -0.386 e. The van der Waals surface area contributed by atoms with E-state index in [0.717, 1.165) is 17.2 Å². The number of anilines is 2. The molecular weight excluding hydrogens is 662 g/mol. The standard InChI is InChI=1S/C21H26N10O13P2/c22-14-9-15(25-5-24-14)30(6-26-9)18-11(32)12-8(42-18)3-41-46(37,38)44-13-19(31-7-27-10-16(31)28-20(23)29-17(10)33)39-4-21(13,34)1-2-40-45(35,36)43-12/h5-8,11-13,18-19,32,34H,1-4H2,(H,35,36)(H,37,38)(H2,22,24,25)(H3,23,28,29,33)/t8-,11-,12-,13+,18-,19-,21+/m1/s1. The fourth-order valence-electron chi connectivity index (χ4n) is 5.52. The Morgan fingerprint density at radius 1 is 0.978 bits per heavy atom. The van der Waals surface area contributed by atoms with Gasteiger partial charge in [0.2, 0.25) is 5.95 Å². The van der Waals surface area contributed by atoms with E-state index in [1.807, 2.05) is 0 Å². The van der Waals surface area contributed by atoms with Crippen LogP contribution in [-0.2, 0) is 36.7 Å². The van der Waals surface area contributed by atoms with Crippen LogP contribution in [0.4, 0.5) is 11.8 Å². The number of nitrogens with two attached hydrogens (primary N) is 2. The minimum atomic E-state index is -5.14. The number of phosphoric ester groups is 2. The van der Waals surface area contributed by atoms with Crippen molar-refractivity contribution in [3.63, 3.8) is 0 Å². The molecule has 0 spiro atoms. The first-order valence-electron chi connectivity index (χ1n) is 13.4. The third-order valence-electron chi connectivity index (χ3n) is 7.68. The SMILES string of the molecule is Nc1nc2c(ncn2[C@@H]2OC[C@@]3(O)CCOP(=O)(O)O[C@H]4[C@@H](O)[C@H](n5cnc6c(N)ncnc65)O[C@@H]4COP(=O)(O)O[C@@H]23)c(=O)[nH]1. The number of hydrogen-bond donors (Lipinski definition) is 7. The van der Waals surface area contributed by atoms with Gasteiger partial charge in [-0.25, -0.2) is 29.1 Å². The lowest BCUT2D eigenvalue weighted by Gasteiger charge is -2.31. The molecule has 46 heavy (non-hydrogen) atoms. The first kappa shape index (κ1) is 31.2. The Morgan fingerprint density at radius 3 is 2.48 bits per heavy atom. The molecule has 2 unspecified atom stereocenters. The number of aromatic amines is 1. The molecule has 9 atom stereocenters. The summed E-state index contributed by atoms with van der Waals surface area (Å²) >= 11 is 0. The molecule has 3 aliphatic heterocycles. The van der Waals surface area contributed by atoms with Crippen LogP contribution in [0.15, 0.2) is 23.8 Å². The summed E-state index contributed by atoms with van der Waals surface area (Å²) in [5, 5.41) is 22.7. The van der Waals surface area contributed by atoms with E-state index in [9.17, 15) is 33.9 Å². The van der Waals surface area contributed by atoms with Gasteiger partial charge in [-0.1, -0.05) is 0 Å². The quantitative estimate of drug-likeness (QED) is 0.112. The normalized spacial score (nSPS) is 37.4. The summed E-state index contributed by atoms with van der Waals surface area (Å²) in [7, 11) is -10.1. The second-order valence-electron chi connectivity index (χ2n) is 10.6. The first-order valence-corrected chi connectivity index (χ1v) is 16.4. The number of nitrogens with one attached hydrogen (secondary N) is 1. The van der Waals surface area contributed by atoms with Crippen molar-refractivity contribution < 1.29 is 56.7 Å². The molecule has 4 aromatic heterocycles. The zero-order valence-corrected chi connectivity index (χ0v) is 25.0. The molecule has 0 radical (unpaired) electrons. The number of nitrogen functional groups attached to an aromatic ring is 2. The number of imidazole rings is 2. The number of hydrogen-bond acceptors (Lipinski definition) is 18. The number of H-pyrrole nitrogens is 1. The van der Waals surface area contributed by atoms with Crippen LogP contribution in [-0.4, -0.2) is 109 Å². The Labute approximate surface area is 255 Å². The van der Waals surface area contributed by atoms with E-state index in [4.69, 9.17) is 39.0 Å². The van der Waals surface area contributed by atoms with Crippen LogP contribution in [0.3, 0.4) is 0 Å². The molecule has 0 aliphatic carbocycles. The molecule has 248 valence electrons. The summed E-state index contributed by atoms with van der Waals surface area (Å²) in [5.41, 5.74) is 8.77. The highest BCUT2D eigenvalue weighted by Gasteiger charge is 2.56. The van der Waals surface area contributed by atoms with E-state index < -0.39 is 89.9 Å². The second kappa shape index (κ2) is 11.1. The van der Waals surface area contributed by atoms with Crippen LogP contribution in [0, 0.1) is 0 Å². The van der Waals surface area contributed by atoms with Gasteiger partial charge >= 0.3 is 15.6 Å². The van der Waals surface area contributed by atoms with Crippen LogP contribution in [0.2, 0.25) is 0 Å². The maximum atomic E-state index is 13.3. The highest BCUT2D eigenvalue weighted by molar-refractivity contribution is 7.47. The number of aliphatic hydroxyl groups is 2. The van der Waals surface area contributed by atoms with Gasteiger partial charge in [0.15, 0.2) is 35.1 Å². The minimum absolute atomic E-state index is 0.0360. The molecule has 0 saturated carbocycles. The Balaban J connectivity index is 1.21. The molecular formula is C21H26N10O13P2. The summed E-state index contributed by atoms with van der Waals surface area (Å²) in [5.74, 6) is -0.230. The van der Waals surface area contributed by atoms with Crippen molar-refractivity contribution in [3.8, 4) is 0 Å². The molecule has 25 heteroatoms. The lowest BCUT2D eigenvalue weighted by molar-refractivity contribution is -0.0767. The van der Waals surface area contributed by atoms with E-state index in [0.29, 0.717) is 0 Å². The topological polar surface area (TPSA) is 330 Å². The molecule has 4 aromatic rings. The zero-order valence-electron chi connectivity index (χ0n) is 23.2. The smallest absolute Gasteiger partial charge is 0.386 e. The lowest BCUT2D eigenvalue weighted by atomic mass is 9.95. The Kier molecular flexibility index (Phi) is 7.51. The van der Waals surface area contributed by atoms with Gasteiger partial charge in [-0.05, 0) is 0 Å². The van der Waals surface area contributed by atoms with Gasteiger partial charge in [0.05, 0.1) is 32.5 Å². The number of phosphoric acid groups is 2. The van der Waals surface area contributed by atoms with Crippen molar-refractivity contribution in [2.75, 3.05) is 31.3 Å². The van der Waals surface area contributed by atoms with Crippen molar-refractivity contribution in [1.82, 2.24) is 39.0 Å². The van der Waals surface area contributed by atoms with Gasteiger partial charge in [-0.2, -0.15) is 4.98 Å². The van der Waals surface area contributed by atoms with Gasteiger partial charge < -0.3 is 40.9 Å². The van der Waals surface area contributed by atoms with Crippen molar-refractivity contribution in [2.24, 2.45) is 0 Å².